The van der Waals surface area contributed by atoms with Crippen molar-refractivity contribution >= 4 is 17.9 Å². The quantitative estimate of drug-likeness (QED) is 0.419. The van der Waals surface area contributed by atoms with Crippen molar-refractivity contribution in [3.63, 3.8) is 0 Å². The summed E-state index contributed by atoms with van der Waals surface area (Å²) >= 11 is 0. The molecule has 1 aromatic carbocycles. The molecule has 0 bridgehead atoms. The summed E-state index contributed by atoms with van der Waals surface area (Å²) in [5.74, 6) is -0.0818. The predicted molar refractivity (Wildman–Crippen MR) is 58.2 cm³/mol. The van der Waals surface area contributed by atoms with Crippen LogP contribution in [0.2, 0.25) is 0 Å². The van der Waals surface area contributed by atoms with Crippen LogP contribution < -0.4 is 11.1 Å². The number of anilines is 1. The van der Waals surface area contributed by atoms with Crippen molar-refractivity contribution < 1.29 is 9.59 Å². The van der Waals surface area contributed by atoms with Crippen molar-refractivity contribution in [2.45, 2.75) is 12.8 Å². The molecule has 0 aliphatic carbocycles. The van der Waals surface area contributed by atoms with Gasteiger partial charge in [-0.1, -0.05) is 12.1 Å². The van der Waals surface area contributed by atoms with Gasteiger partial charge in [0.15, 0.2) is 0 Å². The molecule has 0 fully saturated rings. The third kappa shape index (κ3) is 4.26. The molecule has 0 unspecified atom stereocenters. The summed E-state index contributed by atoms with van der Waals surface area (Å²) in [4.78, 5) is 21.3. The molecule has 0 radical (unpaired) electrons. The van der Waals surface area contributed by atoms with E-state index in [-0.39, 0.29) is 5.91 Å². The minimum atomic E-state index is -0.0818. The molecule has 1 rings (SSSR count). The van der Waals surface area contributed by atoms with Crippen molar-refractivity contribution in [3.8, 4) is 0 Å². The SMILES string of the molecule is Nc1ccc(CC(=O)NCCC=O)cc1. The second kappa shape index (κ2) is 5.80. The van der Waals surface area contributed by atoms with E-state index in [4.69, 9.17) is 5.73 Å². The Hall–Kier alpha value is -1.84. The lowest BCUT2D eigenvalue weighted by molar-refractivity contribution is -0.120. The van der Waals surface area contributed by atoms with Crippen LogP contribution in [0, 0.1) is 0 Å². The molecule has 80 valence electrons. The fourth-order valence-electron chi connectivity index (χ4n) is 1.15. The number of rotatable bonds is 5. The standard InChI is InChI=1S/C11H14N2O2/c12-10-4-2-9(3-5-10)8-11(15)13-6-1-7-14/h2-5,7H,1,6,8,12H2,(H,13,15). The van der Waals surface area contributed by atoms with Gasteiger partial charge in [0, 0.05) is 18.7 Å². The minimum Gasteiger partial charge on any atom is -0.399 e. The van der Waals surface area contributed by atoms with Gasteiger partial charge in [0.05, 0.1) is 6.42 Å². The van der Waals surface area contributed by atoms with Crippen LogP contribution in [0.25, 0.3) is 0 Å². The van der Waals surface area contributed by atoms with E-state index >= 15 is 0 Å². The van der Waals surface area contributed by atoms with Crippen LogP contribution in [0.5, 0.6) is 0 Å². The Morgan fingerprint density at radius 3 is 2.60 bits per heavy atom. The first-order valence-electron chi connectivity index (χ1n) is 4.77. The van der Waals surface area contributed by atoms with E-state index in [1.165, 1.54) is 0 Å². The number of amides is 1. The highest BCUT2D eigenvalue weighted by atomic mass is 16.1. The van der Waals surface area contributed by atoms with Crippen LogP contribution in [-0.4, -0.2) is 18.7 Å². The maximum absolute atomic E-state index is 11.3. The van der Waals surface area contributed by atoms with Gasteiger partial charge in [0.2, 0.25) is 5.91 Å². The molecule has 4 nitrogen and oxygen atoms in total. The Morgan fingerprint density at radius 1 is 1.33 bits per heavy atom. The first kappa shape index (κ1) is 11.2. The normalized spacial score (nSPS) is 9.60. The first-order chi connectivity index (χ1) is 7.22. The molecule has 0 atom stereocenters. The molecule has 1 aromatic rings. The summed E-state index contributed by atoms with van der Waals surface area (Å²) in [5, 5.41) is 2.65. The van der Waals surface area contributed by atoms with Gasteiger partial charge in [-0.2, -0.15) is 0 Å². The monoisotopic (exact) mass is 206 g/mol. The van der Waals surface area contributed by atoms with Crippen molar-refractivity contribution in [3.05, 3.63) is 29.8 Å². The number of benzene rings is 1. The third-order valence-electron chi connectivity index (χ3n) is 1.93. The lowest BCUT2D eigenvalue weighted by Crippen LogP contribution is -2.26. The fourth-order valence-corrected chi connectivity index (χ4v) is 1.15. The first-order valence-corrected chi connectivity index (χ1v) is 4.77. The van der Waals surface area contributed by atoms with Gasteiger partial charge >= 0.3 is 0 Å². The van der Waals surface area contributed by atoms with Gasteiger partial charge in [-0.3, -0.25) is 4.79 Å². The molecular formula is C11H14N2O2. The summed E-state index contributed by atoms with van der Waals surface area (Å²) in [5.41, 5.74) is 7.11. The number of carbonyl (C=O) groups is 2. The van der Waals surface area contributed by atoms with Crippen LogP contribution in [-0.2, 0) is 16.0 Å². The van der Waals surface area contributed by atoms with E-state index in [1.807, 2.05) is 12.1 Å². The molecule has 15 heavy (non-hydrogen) atoms. The second-order valence-electron chi connectivity index (χ2n) is 3.22. The van der Waals surface area contributed by atoms with Gasteiger partial charge in [-0.05, 0) is 17.7 Å². The molecule has 1 amide bonds. The molecule has 0 aromatic heterocycles. The maximum Gasteiger partial charge on any atom is 0.224 e. The summed E-state index contributed by atoms with van der Waals surface area (Å²) in [6.07, 6.45) is 1.45. The van der Waals surface area contributed by atoms with Crippen LogP contribution in [0.3, 0.4) is 0 Å². The summed E-state index contributed by atoms with van der Waals surface area (Å²) in [7, 11) is 0. The van der Waals surface area contributed by atoms with Crippen LogP contribution in [0.15, 0.2) is 24.3 Å². The predicted octanol–water partition coefficient (Wildman–Crippen LogP) is 0.516. The zero-order valence-corrected chi connectivity index (χ0v) is 8.40. The summed E-state index contributed by atoms with van der Waals surface area (Å²) in [6.45, 7) is 0.400. The van der Waals surface area contributed by atoms with E-state index in [0.717, 1.165) is 11.8 Å². The Bertz CT molecular complexity index is 333. The van der Waals surface area contributed by atoms with Gasteiger partial charge in [-0.25, -0.2) is 0 Å². The zero-order valence-electron chi connectivity index (χ0n) is 8.40. The molecule has 0 aliphatic heterocycles. The molecule has 0 heterocycles. The van der Waals surface area contributed by atoms with Crippen LogP contribution >= 0.6 is 0 Å². The average molecular weight is 206 g/mol. The smallest absolute Gasteiger partial charge is 0.224 e. The Morgan fingerprint density at radius 2 is 2.00 bits per heavy atom. The van der Waals surface area contributed by atoms with E-state index in [1.54, 1.807) is 12.1 Å². The van der Waals surface area contributed by atoms with E-state index in [0.29, 0.717) is 25.1 Å². The highest BCUT2D eigenvalue weighted by molar-refractivity contribution is 5.78. The molecule has 4 heteroatoms. The van der Waals surface area contributed by atoms with Crippen molar-refractivity contribution in [1.82, 2.24) is 5.32 Å². The number of nitrogens with one attached hydrogen (secondary N) is 1. The largest absolute Gasteiger partial charge is 0.399 e. The molecular weight excluding hydrogens is 192 g/mol. The summed E-state index contributed by atoms with van der Waals surface area (Å²) in [6, 6.07) is 7.14. The van der Waals surface area contributed by atoms with Crippen molar-refractivity contribution in [2.75, 3.05) is 12.3 Å². The van der Waals surface area contributed by atoms with Crippen molar-refractivity contribution in [1.29, 1.82) is 0 Å². The molecule has 0 saturated carbocycles. The molecule has 0 spiro atoms. The summed E-state index contributed by atoms with van der Waals surface area (Å²) < 4.78 is 0. The van der Waals surface area contributed by atoms with Gasteiger partial charge in [-0.15, -0.1) is 0 Å². The third-order valence-corrected chi connectivity index (χ3v) is 1.93. The minimum absolute atomic E-state index is 0.0818. The van der Waals surface area contributed by atoms with Gasteiger partial charge in [0.25, 0.3) is 0 Å². The molecule has 0 aliphatic rings. The maximum atomic E-state index is 11.3. The zero-order chi connectivity index (χ0) is 11.1. The van der Waals surface area contributed by atoms with E-state index in [9.17, 15) is 9.59 Å². The molecule has 3 N–H and O–H groups in total. The van der Waals surface area contributed by atoms with Gasteiger partial charge in [0.1, 0.15) is 6.29 Å². The fraction of sp³-hybridized carbons (Fsp3) is 0.273. The number of hydrogen-bond acceptors (Lipinski definition) is 3. The molecule has 0 saturated heterocycles. The lowest BCUT2D eigenvalue weighted by atomic mass is 10.1. The number of carbonyl (C=O) groups excluding carboxylic acids is 2. The highest BCUT2D eigenvalue weighted by Gasteiger charge is 2.01. The number of aldehydes is 1. The Balaban J connectivity index is 2.37. The lowest BCUT2D eigenvalue weighted by Gasteiger charge is -2.03. The second-order valence-corrected chi connectivity index (χ2v) is 3.22. The Kier molecular flexibility index (Phi) is 4.34. The number of nitrogens with two attached hydrogens (primary N) is 1. The Labute approximate surface area is 88.5 Å². The number of nitrogen functional groups attached to an aromatic ring is 1. The highest BCUT2D eigenvalue weighted by Crippen LogP contribution is 2.05. The number of hydrogen-bond donors (Lipinski definition) is 2. The van der Waals surface area contributed by atoms with Crippen LogP contribution in [0.1, 0.15) is 12.0 Å². The topological polar surface area (TPSA) is 72.2 Å². The average Bonchev–Trinajstić information content (AvgIpc) is 2.22. The van der Waals surface area contributed by atoms with Crippen molar-refractivity contribution in [2.24, 2.45) is 0 Å². The van der Waals surface area contributed by atoms with E-state index < -0.39 is 0 Å². The van der Waals surface area contributed by atoms with Gasteiger partial charge < -0.3 is 15.8 Å². The van der Waals surface area contributed by atoms with E-state index in [2.05, 4.69) is 5.32 Å². The van der Waals surface area contributed by atoms with Crippen LogP contribution in [0.4, 0.5) is 5.69 Å².